The SMILES string of the molecule is N#Cc1cnn2c(=O)c(-c3ccc(OCc4ccccc4)cc3)c[nH]c12. The van der Waals surface area contributed by atoms with Crippen molar-refractivity contribution in [2.24, 2.45) is 0 Å². The maximum Gasteiger partial charge on any atom is 0.282 e. The first-order chi connectivity index (χ1) is 12.8. The van der Waals surface area contributed by atoms with Crippen LogP contribution in [0.25, 0.3) is 16.8 Å². The van der Waals surface area contributed by atoms with Gasteiger partial charge in [-0.05, 0) is 23.3 Å². The topological polar surface area (TPSA) is 83.2 Å². The van der Waals surface area contributed by atoms with Crippen molar-refractivity contribution in [1.29, 1.82) is 5.26 Å². The maximum absolute atomic E-state index is 12.6. The number of fused-ring (bicyclic) bond motifs is 1. The standard InChI is InChI=1S/C20H14N4O2/c21-10-16-11-23-24-19(16)22-12-18(20(24)25)15-6-8-17(9-7-15)26-13-14-4-2-1-3-5-14/h1-9,11-12,22H,13H2. The number of hydrogen-bond donors (Lipinski definition) is 1. The second-order valence-electron chi connectivity index (χ2n) is 5.74. The van der Waals surface area contributed by atoms with Crippen molar-refractivity contribution in [3.63, 3.8) is 0 Å². The van der Waals surface area contributed by atoms with Gasteiger partial charge < -0.3 is 9.72 Å². The van der Waals surface area contributed by atoms with Gasteiger partial charge in [-0.2, -0.15) is 14.9 Å². The molecule has 0 spiro atoms. The number of ether oxygens (including phenoxy) is 1. The van der Waals surface area contributed by atoms with Gasteiger partial charge in [0.15, 0.2) is 5.65 Å². The zero-order valence-electron chi connectivity index (χ0n) is 13.7. The van der Waals surface area contributed by atoms with Crippen molar-refractivity contribution in [3.8, 4) is 22.9 Å². The molecule has 4 rings (SSSR count). The predicted octanol–water partition coefficient (Wildman–Crippen LogP) is 3.14. The van der Waals surface area contributed by atoms with Crippen molar-refractivity contribution >= 4 is 5.65 Å². The normalized spacial score (nSPS) is 10.6. The first-order valence-corrected chi connectivity index (χ1v) is 8.03. The van der Waals surface area contributed by atoms with Gasteiger partial charge in [-0.3, -0.25) is 4.79 Å². The number of rotatable bonds is 4. The highest BCUT2D eigenvalue weighted by molar-refractivity contribution is 5.65. The van der Waals surface area contributed by atoms with E-state index in [0.717, 1.165) is 16.9 Å². The van der Waals surface area contributed by atoms with E-state index in [1.165, 1.54) is 10.7 Å². The van der Waals surface area contributed by atoms with Crippen LogP contribution >= 0.6 is 0 Å². The number of H-pyrrole nitrogens is 1. The van der Waals surface area contributed by atoms with Crippen LogP contribution in [0.4, 0.5) is 0 Å². The Morgan fingerprint density at radius 2 is 1.88 bits per heavy atom. The number of aromatic amines is 1. The van der Waals surface area contributed by atoms with Gasteiger partial charge >= 0.3 is 0 Å². The molecule has 4 aromatic rings. The molecule has 2 aromatic heterocycles. The largest absolute Gasteiger partial charge is 0.489 e. The first-order valence-electron chi connectivity index (χ1n) is 8.03. The van der Waals surface area contributed by atoms with E-state index in [2.05, 4.69) is 10.1 Å². The Balaban J connectivity index is 1.59. The highest BCUT2D eigenvalue weighted by Gasteiger charge is 2.11. The molecule has 6 nitrogen and oxygen atoms in total. The summed E-state index contributed by atoms with van der Waals surface area (Å²) in [5.74, 6) is 0.723. The molecule has 0 amide bonds. The smallest absolute Gasteiger partial charge is 0.282 e. The number of aromatic nitrogens is 3. The average molecular weight is 342 g/mol. The van der Waals surface area contributed by atoms with Crippen molar-refractivity contribution in [2.75, 3.05) is 0 Å². The summed E-state index contributed by atoms with van der Waals surface area (Å²) in [6.07, 6.45) is 2.97. The molecule has 0 atom stereocenters. The number of nitrogens with zero attached hydrogens (tertiary/aromatic N) is 3. The van der Waals surface area contributed by atoms with Gasteiger partial charge in [0.1, 0.15) is 24.0 Å². The fourth-order valence-corrected chi connectivity index (χ4v) is 2.72. The minimum absolute atomic E-state index is 0.279. The van der Waals surface area contributed by atoms with E-state index in [1.54, 1.807) is 6.20 Å². The molecule has 6 heteroatoms. The molecule has 0 saturated carbocycles. The van der Waals surface area contributed by atoms with Crippen molar-refractivity contribution < 1.29 is 4.74 Å². The molecule has 2 heterocycles. The maximum atomic E-state index is 12.6. The highest BCUT2D eigenvalue weighted by atomic mass is 16.5. The van der Waals surface area contributed by atoms with E-state index < -0.39 is 0 Å². The summed E-state index contributed by atoms with van der Waals surface area (Å²) >= 11 is 0. The van der Waals surface area contributed by atoms with Gasteiger partial charge in [0.2, 0.25) is 0 Å². The molecule has 0 unspecified atom stereocenters. The molecular formula is C20H14N4O2. The summed E-state index contributed by atoms with van der Waals surface area (Å²) in [6.45, 7) is 0.483. The van der Waals surface area contributed by atoms with Crippen LogP contribution in [-0.4, -0.2) is 14.6 Å². The van der Waals surface area contributed by atoms with Crippen molar-refractivity contribution in [2.45, 2.75) is 6.61 Å². The third-order valence-corrected chi connectivity index (χ3v) is 4.08. The molecule has 0 aliphatic rings. The summed E-state index contributed by atoms with van der Waals surface area (Å²) in [6, 6.07) is 19.2. The Bertz CT molecular complexity index is 1150. The molecular weight excluding hydrogens is 328 g/mol. The fraction of sp³-hybridized carbons (Fsp3) is 0.0500. The summed E-state index contributed by atoms with van der Waals surface area (Å²) in [7, 11) is 0. The van der Waals surface area contributed by atoms with E-state index in [4.69, 9.17) is 10.00 Å². The predicted molar refractivity (Wildman–Crippen MR) is 96.7 cm³/mol. The fourth-order valence-electron chi connectivity index (χ4n) is 2.72. The monoisotopic (exact) mass is 342 g/mol. The number of benzene rings is 2. The van der Waals surface area contributed by atoms with Crippen LogP contribution in [0.15, 0.2) is 71.8 Å². The van der Waals surface area contributed by atoms with Crippen LogP contribution < -0.4 is 10.3 Å². The van der Waals surface area contributed by atoms with Crippen LogP contribution in [0.5, 0.6) is 5.75 Å². The molecule has 0 radical (unpaired) electrons. The Morgan fingerprint density at radius 3 is 2.62 bits per heavy atom. The van der Waals surface area contributed by atoms with Gasteiger partial charge in [0.05, 0.1) is 11.8 Å². The second-order valence-corrected chi connectivity index (χ2v) is 5.74. The lowest BCUT2D eigenvalue weighted by Crippen LogP contribution is -2.16. The van der Waals surface area contributed by atoms with Gasteiger partial charge in [0.25, 0.3) is 5.56 Å². The summed E-state index contributed by atoms with van der Waals surface area (Å²) in [4.78, 5) is 15.6. The quantitative estimate of drug-likeness (QED) is 0.617. The molecule has 1 N–H and O–H groups in total. The van der Waals surface area contributed by atoms with E-state index in [9.17, 15) is 4.79 Å². The minimum Gasteiger partial charge on any atom is -0.489 e. The first kappa shape index (κ1) is 15.7. The van der Waals surface area contributed by atoms with E-state index in [0.29, 0.717) is 23.4 Å². The van der Waals surface area contributed by atoms with Crippen molar-refractivity contribution in [1.82, 2.24) is 14.6 Å². The van der Waals surface area contributed by atoms with Crippen LogP contribution in [0.3, 0.4) is 0 Å². The molecule has 2 aromatic carbocycles. The molecule has 0 fully saturated rings. The van der Waals surface area contributed by atoms with Crippen LogP contribution in [0.1, 0.15) is 11.1 Å². The highest BCUT2D eigenvalue weighted by Crippen LogP contribution is 2.20. The van der Waals surface area contributed by atoms with Crippen LogP contribution in [0, 0.1) is 11.3 Å². The summed E-state index contributed by atoms with van der Waals surface area (Å²) < 4.78 is 6.96. The van der Waals surface area contributed by atoms with E-state index in [1.807, 2.05) is 60.7 Å². The van der Waals surface area contributed by atoms with Crippen LogP contribution in [0.2, 0.25) is 0 Å². The third kappa shape index (κ3) is 2.82. The summed E-state index contributed by atoms with van der Waals surface area (Å²) in [5.41, 5.74) is 2.75. The van der Waals surface area contributed by atoms with Gasteiger partial charge in [-0.1, -0.05) is 42.5 Å². The van der Waals surface area contributed by atoms with Gasteiger partial charge in [-0.15, -0.1) is 0 Å². The Morgan fingerprint density at radius 1 is 1.12 bits per heavy atom. The minimum atomic E-state index is -0.279. The van der Waals surface area contributed by atoms with Crippen LogP contribution in [-0.2, 0) is 6.61 Å². The molecule has 0 aliphatic heterocycles. The Labute approximate surface area is 148 Å². The lowest BCUT2D eigenvalue weighted by atomic mass is 10.1. The van der Waals surface area contributed by atoms with Gasteiger partial charge in [-0.25, -0.2) is 0 Å². The number of nitriles is 1. The Kier molecular flexibility index (Phi) is 3.96. The van der Waals surface area contributed by atoms with Crippen molar-refractivity contribution in [3.05, 3.63) is 88.5 Å². The molecule has 26 heavy (non-hydrogen) atoms. The molecule has 0 bridgehead atoms. The Hall–Kier alpha value is -3.85. The van der Waals surface area contributed by atoms with E-state index >= 15 is 0 Å². The average Bonchev–Trinajstić information content (AvgIpc) is 3.12. The third-order valence-electron chi connectivity index (χ3n) is 4.08. The number of nitrogens with one attached hydrogen (secondary N) is 1. The molecule has 126 valence electrons. The lowest BCUT2D eigenvalue weighted by molar-refractivity contribution is 0.306. The van der Waals surface area contributed by atoms with Gasteiger partial charge in [0, 0.05) is 6.20 Å². The number of hydrogen-bond acceptors (Lipinski definition) is 4. The molecule has 0 aliphatic carbocycles. The lowest BCUT2D eigenvalue weighted by Gasteiger charge is -2.07. The second kappa shape index (κ2) is 6.57. The zero-order valence-corrected chi connectivity index (χ0v) is 13.7. The summed E-state index contributed by atoms with van der Waals surface area (Å²) in [5, 5.41) is 13.0. The zero-order chi connectivity index (χ0) is 17.9. The van der Waals surface area contributed by atoms with E-state index in [-0.39, 0.29) is 5.56 Å². The molecule has 0 saturated heterocycles.